The van der Waals surface area contributed by atoms with Crippen LogP contribution in [0.1, 0.15) is 45.5 Å². The molecule has 0 saturated carbocycles. The SMILES string of the molecule is CCCn1nccc1-c1nc(C(C)(C)C)nc(N)c1C. The van der Waals surface area contributed by atoms with Crippen LogP contribution in [0.4, 0.5) is 5.82 Å². The van der Waals surface area contributed by atoms with E-state index in [1.54, 1.807) is 6.20 Å². The van der Waals surface area contributed by atoms with E-state index in [0.29, 0.717) is 5.82 Å². The molecule has 2 N–H and O–H groups in total. The summed E-state index contributed by atoms with van der Waals surface area (Å²) in [7, 11) is 0. The number of hydrogen-bond donors (Lipinski definition) is 1. The summed E-state index contributed by atoms with van der Waals surface area (Å²) < 4.78 is 1.97. The Kier molecular flexibility index (Phi) is 3.79. The largest absolute Gasteiger partial charge is 0.383 e. The third-order valence-electron chi connectivity index (χ3n) is 3.25. The second-order valence-electron chi connectivity index (χ2n) is 6.10. The smallest absolute Gasteiger partial charge is 0.136 e. The number of nitrogen functional groups attached to an aromatic ring is 1. The summed E-state index contributed by atoms with van der Waals surface area (Å²) in [5.74, 6) is 1.31. The molecule has 0 radical (unpaired) electrons. The minimum absolute atomic E-state index is 0.133. The van der Waals surface area contributed by atoms with Crippen molar-refractivity contribution in [2.24, 2.45) is 0 Å². The number of aromatic nitrogens is 4. The predicted molar refractivity (Wildman–Crippen MR) is 81.4 cm³/mol. The first-order valence-corrected chi connectivity index (χ1v) is 7.01. The van der Waals surface area contributed by atoms with Gasteiger partial charge in [-0.1, -0.05) is 27.7 Å². The summed E-state index contributed by atoms with van der Waals surface area (Å²) in [5, 5.41) is 4.36. The predicted octanol–water partition coefficient (Wildman–Crippen LogP) is 2.94. The first kappa shape index (κ1) is 14.5. The van der Waals surface area contributed by atoms with Crippen molar-refractivity contribution in [3.05, 3.63) is 23.7 Å². The van der Waals surface area contributed by atoms with Crippen molar-refractivity contribution in [1.29, 1.82) is 0 Å². The molecular weight excluding hydrogens is 250 g/mol. The van der Waals surface area contributed by atoms with Crippen LogP contribution in [0.15, 0.2) is 12.3 Å². The Hall–Kier alpha value is -1.91. The van der Waals surface area contributed by atoms with E-state index in [1.807, 2.05) is 17.7 Å². The molecule has 0 unspecified atom stereocenters. The van der Waals surface area contributed by atoms with E-state index in [4.69, 9.17) is 10.7 Å². The molecular formula is C15H23N5. The van der Waals surface area contributed by atoms with Gasteiger partial charge >= 0.3 is 0 Å². The van der Waals surface area contributed by atoms with Gasteiger partial charge in [-0.05, 0) is 19.4 Å². The Morgan fingerprint density at radius 1 is 1.25 bits per heavy atom. The quantitative estimate of drug-likeness (QED) is 0.933. The van der Waals surface area contributed by atoms with Gasteiger partial charge < -0.3 is 5.73 Å². The Balaban J connectivity index is 2.61. The van der Waals surface area contributed by atoms with E-state index in [9.17, 15) is 0 Å². The molecule has 108 valence electrons. The van der Waals surface area contributed by atoms with Gasteiger partial charge in [0.05, 0.1) is 11.4 Å². The summed E-state index contributed by atoms with van der Waals surface area (Å²) in [4.78, 5) is 9.16. The molecule has 2 aromatic rings. The lowest BCUT2D eigenvalue weighted by atomic mass is 9.95. The Bertz CT molecular complexity index is 607. The van der Waals surface area contributed by atoms with E-state index in [1.165, 1.54) is 0 Å². The summed E-state index contributed by atoms with van der Waals surface area (Å²) in [6, 6.07) is 1.98. The zero-order valence-electron chi connectivity index (χ0n) is 12.9. The lowest BCUT2D eigenvalue weighted by Gasteiger charge is -2.19. The zero-order chi connectivity index (χ0) is 14.9. The molecule has 0 saturated heterocycles. The highest BCUT2D eigenvalue weighted by Crippen LogP contribution is 2.28. The third kappa shape index (κ3) is 2.66. The fourth-order valence-corrected chi connectivity index (χ4v) is 2.04. The molecule has 0 aliphatic carbocycles. The van der Waals surface area contributed by atoms with Gasteiger partial charge in [-0.3, -0.25) is 4.68 Å². The highest BCUT2D eigenvalue weighted by molar-refractivity contribution is 5.64. The Morgan fingerprint density at radius 3 is 2.55 bits per heavy atom. The first-order chi connectivity index (χ1) is 9.34. The fourth-order valence-electron chi connectivity index (χ4n) is 2.04. The second kappa shape index (κ2) is 5.23. The van der Waals surface area contributed by atoms with E-state index >= 15 is 0 Å². The number of hydrogen-bond acceptors (Lipinski definition) is 4. The van der Waals surface area contributed by atoms with Crippen LogP contribution >= 0.6 is 0 Å². The van der Waals surface area contributed by atoms with Gasteiger partial charge in [0.25, 0.3) is 0 Å². The normalized spacial score (nSPS) is 11.8. The minimum Gasteiger partial charge on any atom is -0.383 e. The molecule has 0 aliphatic rings. The molecule has 20 heavy (non-hydrogen) atoms. The number of nitrogens with two attached hydrogens (primary N) is 1. The van der Waals surface area contributed by atoms with Crippen molar-refractivity contribution >= 4 is 5.82 Å². The summed E-state index contributed by atoms with van der Waals surface area (Å²) >= 11 is 0. The van der Waals surface area contributed by atoms with E-state index < -0.39 is 0 Å². The average Bonchev–Trinajstić information content (AvgIpc) is 2.80. The van der Waals surface area contributed by atoms with Crippen molar-refractivity contribution in [2.45, 2.75) is 53.0 Å². The maximum atomic E-state index is 6.07. The van der Waals surface area contributed by atoms with Crippen LogP contribution in [0.3, 0.4) is 0 Å². The van der Waals surface area contributed by atoms with Crippen molar-refractivity contribution in [2.75, 3.05) is 5.73 Å². The minimum atomic E-state index is -0.133. The van der Waals surface area contributed by atoms with Crippen molar-refractivity contribution in [3.8, 4) is 11.4 Å². The van der Waals surface area contributed by atoms with E-state index in [0.717, 1.165) is 35.7 Å². The van der Waals surface area contributed by atoms with E-state index in [-0.39, 0.29) is 5.41 Å². The van der Waals surface area contributed by atoms with Crippen LogP contribution in [0.2, 0.25) is 0 Å². The van der Waals surface area contributed by atoms with Crippen LogP contribution in [-0.4, -0.2) is 19.7 Å². The molecule has 2 heterocycles. The summed E-state index contributed by atoms with van der Waals surface area (Å²) in [6.07, 6.45) is 2.83. The molecule has 0 bridgehead atoms. The Morgan fingerprint density at radius 2 is 1.95 bits per heavy atom. The lowest BCUT2D eigenvalue weighted by molar-refractivity contribution is 0.545. The molecule has 0 atom stereocenters. The molecule has 0 amide bonds. The monoisotopic (exact) mass is 273 g/mol. The number of aryl methyl sites for hydroxylation is 1. The fraction of sp³-hybridized carbons (Fsp3) is 0.533. The van der Waals surface area contributed by atoms with Gasteiger partial charge in [0.1, 0.15) is 11.6 Å². The maximum Gasteiger partial charge on any atom is 0.136 e. The summed E-state index contributed by atoms with van der Waals surface area (Å²) in [5.41, 5.74) is 8.73. The molecule has 0 fully saturated rings. The van der Waals surface area contributed by atoms with Gasteiger partial charge in [0.15, 0.2) is 0 Å². The van der Waals surface area contributed by atoms with Gasteiger partial charge in [0, 0.05) is 23.7 Å². The van der Waals surface area contributed by atoms with Crippen LogP contribution in [0.25, 0.3) is 11.4 Å². The highest BCUT2D eigenvalue weighted by atomic mass is 15.3. The molecule has 0 spiro atoms. The van der Waals surface area contributed by atoms with Gasteiger partial charge in [-0.25, -0.2) is 9.97 Å². The highest BCUT2D eigenvalue weighted by Gasteiger charge is 2.22. The second-order valence-corrected chi connectivity index (χ2v) is 6.10. The summed E-state index contributed by atoms with van der Waals surface area (Å²) in [6.45, 7) is 11.2. The van der Waals surface area contributed by atoms with Crippen LogP contribution < -0.4 is 5.73 Å². The van der Waals surface area contributed by atoms with Crippen molar-refractivity contribution in [1.82, 2.24) is 19.7 Å². The van der Waals surface area contributed by atoms with E-state index in [2.05, 4.69) is 37.8 Å². The average molecular weight is 273 g/mol. The topological polar surface area (TPSA) is 69.6 Å². The van der Waals surface area contributed by atoms with Crippen LogP contribution in [0, 0.1) is 6.92 Å². The molecule has 2 aromatic heterocycles. The number of anilines is 1. The Labute approximate surface area is 120 Å². The van der Waals surface area contributed by atoms with Crippen LogP contribution in [0.5, 0.6) is 0 Å². The molecule has 5 nitrogen and oxygen atoms in total. The van der Waals surface area contributed by atoms with Crippen LogP contribution in [-0.2, 0) is 12.0 Å². The van der Waals surface area contributed by atoms with Crippen molar-refractivity contribution < 1.29 is 0 Å². The zero-order valence-corrected chi connectivity index (χ0v) is 12.9. The molecule has 5 heteroatoms. The lowest BCUT2D eigenvalue weighted by Crippen LogP contribution is -2.19. The number of rotatable bonds is 3. The first-order valence-electron chi connectivity index (χ1n) is 7.01. The standard InChI is InChI=1S/C15H23N5/c1-6-9-20-11(7-8-17-20)12-10(2)13(16)19-14(18-12)15(3,4)5/h7-8H,6,9H2,1-5H3,(H2,16,18,19). The van der Waals surface area contributed by atoms with Gasteiger partial charge in [-0.2, -0.15) is 5.10 Å². The van der Waals surface area contributed by atoms with Gasteiger partial charge in [-0.15, -0.1) is 0 Å². The number of nitrogens with zero attached hydrogens (tertiary/aromatic N) is 4. The molecule has 0 aliphatic heterocycles. The molecule has 2 rings (SSSR count). The van der Waals surface area contributed by atoms with Gasteiger partial charge in [0.2, 0.25) is 0 Å². The maximum absolute atomic E-state index is 6.07. The van der Waals surface area contributed by atoms with Crippen molar-refractivity contribution in [3.63, 3.8) is 0 Å². The third-order valence-corrected chi connectivity index (χ3v) is 3.25. The molecule has 0 aromatic carbocycles.